The van der Waals surface area contributed by atoms with E-state index in [0.29, 0.717) is 34.0 Å². The Hall–Kier alpha value is -0.710. The van der Waals surface area contributed by atoms with Gasteiger partial charge in [-0.15, -0.1) is 0 Å². The summed E-state index contributed by atoms with van der Waals surface area (Å²) in [4.78, 5) is 0. The molecule has 0 aliphatic carbocycles. The SMILES string of the molecule is S=C1NCC(Oc2ccc(Cl)cc2Cl)CN1. The van der Waals surface area contributed by atoms with Crippen LogP contribution in [0.5, 0.6) is 5.75 Å². The summed E-state index contributed by atoms with van der Waals surface area (Å²) in [6, 6.07) is 5.17. The van der Waals surface area contributed by atoms with E-state index in [-0.39, 0.29) is 6.10 Å². The molecule has 2 N–H and O–H groups in total. The third-order valence-corrected chi connectivity index (χ3v) is 2.99. The fourth-order valence-electron chi connectivity index (χ4n) is 1.38. The number of ether oxygens (including phenoxy) is 1. The fourth-order valence-corrected chi connectivity index (χ4v) is 2.00. The first-order valence-electron chi connectivity index (χ1n) is 4.78. The van der Waals surface area contributed by atoms with E-state index >= 15 is 0 Å². The van der Waals surface area contributed by atoms with Crippen LogP contribution in [-0.4, -0.2) is 24.3 Å². The van der Waals surface area contributed by atoms with Crippen LogP contribution in [0.2, 0.25) is 10.0 Å². The van der Waals surface area contributed by atoms with Crippen molar-refractivity contribution < 1.29 is 4.74 Å². The number of benzene rings is 1. The lowest BCUT2D eigenvalue weighted by Gasteiger charge is -2.26. The average Bonchev–Trinajstić information content (AvgIpc) is 2.25. The van der Waals surface area contributed by atoms with E-state index in [1.807, 2.05) is 0 Å². The van der Waals surface area contributed by atoms with Crippen molar-refractivity contribution in [3.05, 3.63) is 28.2 Å². The zero-order chi connectivity index (χ0) is 11.5. The van der Waals surface area contributed by atoms with Gasteiger partial charge >= 0.3 is 0 Å². The molecular formula is C10H10Cl2N2OS. The average molecular weight is 277 g/mol. The van der Waals surface area contributed by atoms with Gasteiger partial charge in [0.15, 0.2) is 5.11 Å². The molecule has 1 saturated heterocycles. The molecule has 6 heteroatoms. The molecule has 16 heavy (non-hydrogen) atoms. The van der Waals surface area contributed by atoms with Gasteiger partial charge in [-0.05, 0) is 30.4 Å². The lowest BCUT2D eigenvalue weighted by Crippen LogP contribution is -2.52. The maximum absolute atomic E-state index is 6.00. The molecule has 0 unspecified atom stereocenters. The number of nitrogens with one attached hydrogen (secondary N) is 2. The van der Waals surface area contributed by atoms with Crippen LogP contribution in [0.25, 0.3) is 0 Å². The van der Waals surface area contributed by atoms with Gasteiger partial charge in [0.05, 0.1) is 18.1 Å². The van der Waals surface area contributed by atoms with Gasteiger partial charge in [0.1, 0.15) is 11.9 Å². The van der Waals surface area contributed by atoms with Crippen molar-refractivity contribution in [3.63, 3.8) is 0 Å². The Balaban J connectivity index is 2.01. The highest BCUT2D eigenvalue weighted by molar-refractivity contribution is 7.80. The Morgan fingerprint density at radius 2 is 1.94 bits per heavy atom. The zero-order valence-corrected chi connectivity index (χ0v) is 10.6. The van der Waals surface area contributed by atoms with Crippen molar-refractivity contribution >= 4 is 40.5 Å². The molecule has 1 fully saturated rings. The summed E-state index contributed by atoms with van der Waals surface area (Å²) in [7, 11) is 0. The molecule has 0 spiro atoms. The standard InChI is InChI=1S/C10H10Cl2N2OS/c11-6-1-2-9(8(12)3-6)15-7-4-13-10(16)14-5-7/h1-3,7H,4-5H2,(H2,13,14,16). The number of rotatable bonds is 2. The lowest BCUT2D eigenvalue weighted by atomic mass is 10.3. The predicted octanol–water partition coefficient (Wildman–Crippen LogP) is 2.22. The van der Waals surface area contributed by atoms with Crippen LogP contribution in [0.1, 0.15) is 0 Å². The third-order valence-electron chi connectivity index (χ3n) is 2.17. The fraction of sp³-hybridized carbons (Fsp3) is 0.300. The molecule has 2 rings (SSSR count). The molecule has 1 aromatic carbocycles. The van der Waals surface area contributed by atoms with Gasteiger partial charge in [0, 0.05) is 5.02 Å². The minimum Gasteiger partial charge on any atom is -0.485 e. The van der Waals surface area contributed by atoms with E-state index in [2.05, 4.69) is 10.6 Å². The number of hydrogen-bond acceptors (Lipinski definition) is 2. The van der Waals surface area contributed by atoms with Crippen LogP contribution < -0.4 is 15.4 Å². The van der Waals surface area contributed by atoms with Crippen LogP contribution in [0.15, 0.2) is 18.2 Å². The normalized spacial score (nSPS) is 16.5. The summed E-state index contributed by atoms with van der Waals surface area (Å²) in [5.74, 6) is 0.632. The molecule has 1 aliphatic heterocycles. The van der Waals surface area contributed by atoms with Crippen molar-refractivity contribution in [1.29, 1.82) is 0 Å². The van der Waals surface area contributed by atoms with Crippen molar-refractivity contribution in [2.75, 3.05) is 13.1 Å². The van der Waals surface area contributed by atoms with Gasteiger partial charge < -0.3 is 15.4 Å². The van der Waals surface area contributed by atoms with Gasteiger partial charge in [-0.1, -0.05) is 23.2 Å². The van der Waals surface area contributed by atoms with Crippen molar-refractivity contribution in [2.45, 2.75) is 6.10 Å². The van der Waals surface area contributed by atoms with E-state index in [1.54, 1.807) is 18.2 Å². The summed E-state index contributed by atoms with van der Waals surface area (Å²) >= 11 is 16.7. The van der Waals surface area contributed by atoms with Gasteiger partial charge in [0.2, 0.25) is 0 Å². The van der Waals surface area contributed by atoms with E-state index in [0.717, 1.165) is 0 Å². The van der Waals surface area contributed by atoms with Gasteiger partial charge in [-0.3, -0.25) is 0 Å². The van der Waals surface area contributed by atoms with Crippen molar-refractivity contribution in [3.8, 4) is 5.75 Å². The van der Waals surface area contributed by atoms with Crippen molar-refractivity contribution in [2.24, 2.45) is 0 Å². The maximum Gasteiger partial charge on any atom is 0.166 e. The largest absolute Gasteiger partial charge is 0.485 e. The number of halogens is 2. The Labute approximate surface area is 109 Å². The third kappa shape index (κ3) is 2.90. The second-order valence-corrected chi connectivity index (χ2v) is 4.66. The van der Waals surface area contributed by atoms with Crippen molar-refractivity contribution in [1.82, 2.24) is 10.6 Å². The zero-order valence-electron chi connectivity index (χ0n) is 8.30. The van der Waals surface area contributed by atoms with Crippen LogP contribution in [0.3, 0.4) is 0 Å². The van der Waals surface area contributed by atoms with Crippen LogP contribution >= 0.6 is 35.4 Å². The molecule has 0 bridgehead atoms. The molecule has 0 saturated carbocycles. The van der Waals surface area contributed by atoms with E-state index < -0.39 is 0 Å². The summed E-state index contributed by atoms with van der Waals surface area (Å²) in [5.41, 5.74) is 0. The second-order valence-electron chi connectivity index (χ2n) is 3.41. The van der Waals surface area contributed by atoms with E-state index in [4.69, 9.17) is 40.2 Å². The first-order valence-corrected chi connectivity index (χ1v) is 5.95. The molecule has 0 amide bonds. The molecule has 1 aliphatic rings. The molecule has 86 valence electrons. The first-order chi connectivity index (χ1) is 7.65. The molecule has 3 nitrogen and oxygen atoms in total. The van der Waals surface area contributed by atoms with Gasteiger partial charge in [-0.25, -0.2) is 0 Å². The van der Waals surface area contributed by atoms with Gasteiger partial charge in [-0.2, -0.15) is 0 Å². The quantitative estimate of drug-likeness (QED) is 0.812. The monoisotopic (exact) mass is 276 g/mol. The molecule has 0 radical (unpaired) electrons. The molecule has 0 atom stereocenters. The highest BCUT2D eigenvalue weighted by atomic mass is 35.5. The number of hydrogen-bond donors (Lipinski definition) is 2. The molecular weight excluding hydrogens is 267 g/mol. The highest BCUT2D eigenvalue weighted by Crippen LogP contribution is 2.28. The van der Waals surface area contributed by atoms with E-state index in [9.17, 15) is 0 Å². The van der Waals surface area contributed by atoms with E-state index in [1.165, 1.54) is 0 Å². The first kappa shape index (κ1) is 11.8. The predicted molar refractivity (Wildman–Crippen MR) is 69.5 cm³/mol. The second kappa shape index (κ2) is 5.08. The Kier molecular flexibility index (Phi) is 3.74. The summed E-state index contributed by atoms with van der Waals surface area (Å²) in [5, 5.41) is 7.78. The highest BCUT2D eigenvalue weighted by Gasteiger charge is 2.17. The molecule has 0 aromatic heterocycles. The van der Waals surface area contributed by atoms with Crippen LogP contribution in [0.4, 0.5) is 0 Å². The topological polar surface area (TPSA) is 33.3 Å². The molecule has 1 aromatic rings. The van der Waals surface area contributed by atoms with Crippen LogP contribution in [0, 0.1) is 0 Å². The summed E-state index contributed by atoms with van der Waals surface area (Å²) in [6.45, 7) is 1.34. The summed E-state index contributed by atoms with van der Waals surface area (Å²) < 4.78 is 5.71. The van der Waals surface area contributed by atoms with Crippen LogP contribution in [-0.2, 0) is 0 Å². The smallest absolute Gasteiger partial charge is 0.166 e. The maximum atomic E-state index is 6.00. The number of thiocarbonyl (C=S) groups is 1. The Morgan fingerprint density at radius 3 is 2.56 bits per heavy atom. The Bertz CT molecular complexity index is 404. The lowest BCUT2D eigenvalue weighted by molar-refractivity contribution is 0.198. The summed E-state index contributed by atoms with van der Waals surface area (Å²) in [6.07, 6.45) is 0.00498. The Morgan fingerprint density at radius 1 is 1.25 bits per heavy atom. The minimum absolute atomic E-state index is 0.00498. The molecule has 1 heterocycles. The van der Waals surface area contributed by atoms with Gasteiger partial charge in [0.25, 0.3) is 0 Å². The minimum atomic E-state index is 0.00498.